The molecule has 0 radical (unpaired) electrons. The minimum Gasteiger partial charge on any atom is -0.468 e. The quantitative estimate of drug-likeness (QED) is 0.372. The number of ether oxygens (including phenoxy) is 2. The molecule has 0 spiro atoms. The summed E-state index contributed by atoms with van der Waals surface area (Å²) in [5.74, 6) is -1.97. The molecule has 0 saturated carbocycles. The lowest BCUT2D eigenvalue weighted by Crippen LogP contribution is -2.25. The van der Waals surface area contributed by atoms with Crippen molar-refractivity contribution in [2.45, 2.75) is 13.3 Å². The molecule has 74 valence electrons. The summed E-state index contributed by atoms with van der Waals surface area (Å²) in [6.45, 7) is 1.81. The minimum atomic E-state index is -0.841. The first-order chi connectivity index (χ1) is 6.17. The van der Waals surface area contributed by atoms with Crippen LogP contribution < -0.4 is 0 Å². The highest BCUT2D eigenvalue weighted by Gasteiger charge is 2.26. The zero-order chi connectivity index (χ0) is 10.3. The molecule has 0 aliphatic carbocycles. The second kappa shape index (κ2) is 6.22. The number of esters is 2. The molecule has 0 aromatic rings. The molecule has 0 aliphatic heterocycles. The lowest BCUT2D eigenvalue weighted by molar-refractivity contribution is -0.158. The van der Waals surface area contributed by atoms with Crippen LogP contribution in [0.2, 0.25) is 0 Å². The van der Waals surface area contributed by atoms with Crippen LogP contribution in [0.5, 0.6) is 0 Å². The van der Waals surface area contributed by atoms with Gasteiger partial charge in [0.2, 0.25) is 0 Å². The minimum absolute atomic E-state index is 0.315. The predicted octanol–water partition coefficient (Wildman–Crippen LogP) is 0.915. The van der Waals surface area contributed by atoms with Gasteiger partial charge in [0.15, 0.2) is 5.92 Å². The smallest absolute Gasteiger partial charge is 0.320 e. The summed E-state index contributed by atoms with van der Waals surface area (Å²) < 4.78 is 8.92. The molecule has 0 bridgehead atoms. The van der Waals surface area contributed by atoms with E-state index in [0.29, 0.717) is 6.42 Å². The van der Waals surface area contributed by atoms with Crippen LogP contribution in [-0.2, 0) is 19.1 Å². The number of rotatable bonds is 4. The van der Waals surface area contributed by atoms with E-state index in [-0.39, 0.29) is 0 Å². The van der Waals surface area contributed by atoms with Crippen LogP contribution in [-0.4, -0.2) is 26.2 Å². The van der Waals surface area contributed by atoms with Crippen molar-refractivity contribution in [1.82, 2.24) is 0 Å². The van der Waals surface area contributed by atoms with Crippen molar-refractivity contribution in [3.05, 3.63) is 12.2 Å². The summed E-state index contributed by atoms with van der Waals surface area (Å²) in [5, 5.41) is 0. The third-order valence-electron chi connectivity index (χ3n) is 1.58. The summed E-state index contributed by atoms with van der Waals surface area (Å²) >= 11 is 0. The highest BCUT2D eigenvalue weighted by molar-refractivity contribution is 5.94. The van der Waals surface area contributed by atoms with Crippen LogP contribution in [0.25, 0.3) is 0 Å². The van der Waals surface area contributed by atoms with E-state index < -0.39 is 17.9 Å². The Hall–Kier alpha value is -1.32. The number of hydrogen-bond acceptors (Lipinski definition) is 4. The van der Waals surface area contributed by atoms with Crippen LogP contribution in [0.4, 0.5) is 0 Å². The normalized spacial score (nSPS) is 10.5. The molecule has 13 heavy (non-hydrogen) atoms. The zero-order valence-electron chi connectivity index (χ0n) is 8.07. The molecule has 0 N–H and O–H groups in total. The first kappa shape index (κ1) is 11.7. The van der Waals surface area contributed by atoms with Crippen LogP contribution in [0.3, 0.4) is 0 Å². The van der Waals surface area contributed by atoms with E-state index >= 15 is 0 Å². The molecule has 0 aliphatic rings. The summed E-state index contributed by atoms with van der Waals surface area (Å²) in [5.41, 5.74) is 0. The summed E-state index contributed by atoms with van der Waals surface area (Å²) in [7, 11) is 2.49. The molecule has 0 aromatic heterocycles. The highest BCUT2D eigenvalue weighted by atomic mass is 16.5. The Morgan fingerprint density at radius 3 is 2.00 bits per heavy atom. The van der Waals surface area contributed by atoms with Gasteiger partial charge in [0.25, 0.3) is 0 Å². The molecule has 4 nitrogen and oxygen atoms in total. The van der Waals surface area contributed by atoms with E-state index in [1.165, 1.54) is 14.2 Å². The molecule has 4 heteroatoms. The monoisotopic (exact) mass is 186 g/mol. The molecular weight excluding hydrogens is 172 g/mol. The summed E-state index contributed by atoms with van der Waals surface area (Å²) in [4.78, 5) is 22.1. The van der Waals surface area contributed by atoms with E-state index in [2.05, 4.69) is 9.47 Å². The Bertz CT molecular complexity index is 192. The number of hydrogen-bond donors (Lipinski definition) is 0. The number of allylic oxidation sites excluding steroid dienone is 2. The summed E-state index contributed by atoms with van der Waals surface area (Å²) in [6, 6.07) is 0. The van der Waals surface area contributed by atoms with Gasteiger partial charge in [-0.15, -0.1) is 0 Å². The fourth-order valence-electron chi connectivity index (χ4n) is 0.845. The van der Waals surface area contributed by atoms with E-state index in [9.17, 15) is 9.59 Å². The molecule has 0 fully saturated rings. The Balaban J connectivity index is 4.35. The molecule has 0 rings (SSSR count). The predicted molar refractivity (Wildman–Crippen MR) is 47.0 cm³/mol. The van der Waals surface area contributed by atoms with E-state index in [0.717, 1.165) is 0 Å². The Morgan fingerprint density at radius 2 is 1.69 bits per heavy atom. The number of methoxy groups -OCH3 is 2. The summed E-state index contributed by atoms with van der Waals surface area (Å²) in [6.07, 6.45) is 3.80. The second-order valence-electron chi connectivity index (χ2n) is 2.40. The molecule has 0 amide bonds. The highest BCUT2D eigenvalue weighted by Crippen LogP contribution is 2.08. The van der Waals surface area contributed by atoms with Gasteiger partial charge in [-0.25, -0.2) is 0 Å². The first-order valence-electron chi connectivity index (χ1n) is 3.94. The zero-order valence-corrected chi connectivity index (χ0v) is 8.07. The Labute approximate surface area is 77.5 Å². The van der Waals surface area contributed by atoms with Crippen molar-refractivity contribution in [2.75, 3.05) is 14.2 Å². The first-order valence-corrected chi connectivity index (χ1v) is 3.94. The Morgan fingerprint density at radius 1 is 1.23 bits per heavy atom. The molecular formula is C9H14O4. The van der Waals surface area contributed by atoms with Crippen LogP contribution in [0, 0.1) is 5.92 Å². The Kier molecular flexibility index (Phi) is 5.59. The lowest BCUT2D eigenvalue weighted by Gasteiger charge is -2.09. The van der Waals surface area contributed by atoms with Gasteiger partial charge in [-0.2, -0.15) is 0 Å². The third-order valence-corrected chi connectivity index (χ3v) is 1.58. The fraction of sp³-hybridized carbons (Fsp3) is 0.556. The van der Waals surface area contributed by atoms with Gasteiger partial charge in [-0.3, -0.25) is 9.59 Å². The van der Waals surface area contributed by atoms with Crippen LogP contribution in [0.1, 0.15) is 13.3 Å². The average molecular weight is 186 g/mol. The topological polar surface area (TPSA) is 52.6 Å². The van der Waals surface area contributed by atoms with Crippen molar-refractivity contribution >= 4 is 11.9 Å². The molecule has 0 atom stereocenters. The van der Waals surface area contributed by atoms with Gasteiger partial charge < -0.3 is 9.47 Å². The van der Waals surface area contributed by atoms with Crippen molar-refractivity contribution in [3.8, 4) is 0 Å². The van der Waals surface area contributed by atoms with Gasteiger partial charge in [-0.05, 0) is 13.3 Å². The van der Waals surface area contributed by atoms with Gasteiger partial charge in [0, 0.05) is 0 Å². The molecule has 0 heterocycles. The van der Waals surface area contributed by atoms with E-state index in [1.807, 2.05) is 6.92 Å². The van der Waals surface area contributed by atoms with Crippen LogP contribution in [0.15, 0.2) is 12.2 Å². The number of carbonyl (C=O) groups is 2. The van der Waals surface area contributed by atoms with E-state index in [4.69, 9.17) is 0 Å². The van der Waals surface area contributed by atoms with Gasteiger partial charge in [0.1, 0.15) is 0 Å². The third kappa shape index (κ3) is 3.73. The standard InChI is InChI=1S/C9H14O4/c1-4-5-6-7(8(10)12-2)9(11)13-3/h4-5,7H,6H2,1-3H3/b5-4-. The van der Waals surface area contributed by atoms with Gasteiger partial charge in [0.05, 0.1) is 14.2 Å². The van der Waals surface area contributed by atoms with Crippen molar-refractivity contribution in [2.24, 2.45) is 5.92 Å². The van der Waals surface area contributed by atoms with E-state index in [1.54, 1.807) is 12.2 Å². The maximum absolute atomic E-state index is 11.1. The van der Waals surface area contributed by atoms with Crippen LogP contribution >= 0.6 is 0 Å². The average Bonchev–Trinajstić information content (AvgIpc) is 2.17. The number of carbonyl (C=O) groups excluding carboxylic acids is 2. The van der Waals surface area contributed by atoms with Crippen molar-refractivity contribution in [1.29, 1.82) is 0 Å². The maximum Gasteiger partial charge on any atom is 0.320 e. The molecule has 0 unspecified atom stereocenters. The SMILES string of the molecule is C/C=C\CC(C(=O)OC)C(=O)OC. The fourth-order valence-corrected chi connectivity index (χ4v) is 0.845. The van der Waals surface area contributed by atoms with Gasteiger partial charge >= 0.3 is 11.9 Å². The van der Waals surface area contributed by atoms with Gasteiger partial charge in [-0.1, -0.05) is 12.2 Å². The molecule has 0 aromatic carbocycles. The molecule has 0 saturated heterocycles. The lowest BCUT2D eigenvalue weighted by atomic mass is 10.1. The van der Waals surface area contributed by atoms with Crippen molar-refractivity contribution in [3.63, 3.8) is 0 Å². The maximum atomic E-state index is 11.1. The second-order valence-corrected chi connectivity index (χ2v) is 2.40. The van der Waals surface area contributed by atoms with Crippen molar-refractivity contribution < 1.29 is 19.1 Å². The largest absolute Gasteiger partial charge is 0.468 e.